The van der Waals surface area contributed by atoms with E-state index in [4.69, 9.17) is 5.73 Å². The topological polar surface area (TPSA) is 71.2 Å². The number of rotatable bonds is 3. The highest BCUT2D eigenvalue weighted by atomic mass is 16.3. The van der Waals surface area contributed by atoms with Crippen LogP contribution < -0.4 is 11.1 Å². The highest BCUT2D eigenvalue weighted by Crippen LogP contribution is 2.28. The van der Waals surface area contributed by atoms with Crippen molar-refractivity contribution in [2.45, 2.75) is 20.0 Å². The van der Waals surface area contributed by atoms with Crippen LogP contribution in [0.3, 0.4) is 0 Å². The first-order valence-electron chi connectivity index (χ1n) is 5.65. The van der Waals surface area contributed by atoms with Crippen molar-refractivity contribution >= 4 is 22.3 Å². The molecule has 1 aromatic heterocycles. The number of nitrogens with zero attached hydrogens (tertiary/aromatic N) is 1. The molecule has 17 heavy (non-hydrogen) atoms. The Hall–Kier alpha value is -1.81. The van der Waals surface area contributed by atoms with Crippen LogP contribution >= 0.6 is 0 Å². The lowest BCUT2D eigenvalue weighted by Crippen LogP contribution is -2.16. The van der Waals surface area contributed by atoms with Gasteiger partial charge in [0.05, 0.1) is 6.10 Å². The van der Waals surface area contributed by atoms with Gasteiger partial charge in [0.2, 0.25) is 0 Å². The monoisotopic (exact) mass is 231 g/mol. The molecule has 1 atom stereocenters. The molecule has 1 heterocycles. The smallest absolute Gasteiger partial charge is 0.134 e. The molecule has 0 aliphatic heterocycles. The quantitative estimate of drug-likeness (QED) is 0.706. The normalized spacial score (nSPS) is 12.6. The van der Waals surface area contributed by atoms with Gasteiger partial charge < -0.3 is 16.2 Å². The number of anilines is 2. The average molecular weight is 231 g/mol. The minimum Gasteiger partial charge on any atom is -0.398 e. The predicted molar refractivity (Wildman–Crippen MR) is 71.1 cm³/mol. The summed E-state index contributed by atoms with van der Waals surface area (Å²) in [6, 6.07) is 5.77. The summed E-state index contributed by atoms with van der Waals surface area (Å²) in [7, 11) is 0. The van der Waals surface area contributed by atoms with Crippen molar-refractivity contribution in [1.29, 1.82) is 0 Å². The lowest BCUT2D eigenvalue weighted by atomic mass is 10.1. The number of nitrogens with one attached hydrogen (secondary N) is 1. The summed E-state index contributed by atoms with van der Waals surface area (Å²) in [4.78, 5) is 4.34. The Labute approximate surface area is 100 Å². The summed E-state index contributed by atoms with van der Waals surface area (Å²) in [6.45, 7) is 4.20. The van der Waals surface area contributed by atoms with Gasteiger partial charge in [0.25, 0.3) is 0 Å². The second-order valence-electron chi connectivity index (χ2n) is 4.29. The van der Waals surface area contributed by atoms with Gasteiger partial charge in [-0.3, -0.25) is 0 Å². The predicted octanol–water partition coefficient (Wildman–Crippen LogP) is 1.92. The van der Waals surface area contributed by atoms with Gasteiger partial charge in [0, 0.05) is 29.2 Å². The Morgan fingerprint density at radius 3 is 2.94 bits per heavy atom. The van der Waals surface area contributed by atoms with Crippen LogP contribution in [0.4, 0.5) is 11.5 Å². The fourth-order valence-electron chi connectivity index (χ4n) is 1.89. The van der Waals surface area contributed by atoms with Crippen LogP contribution in [-0.4, -0.2) is 22.7 Å². The highest BCUT2D eigenvalue weighted by Gasteiger charge is 2.07. The number of aryl methyl sites for hydroxylation is 1. The summed E-state index contributed by atoms with van der Waals surface area (Å²) in [5.41, 5.74) is 7.79. The molecule has 0 amide bonds. The number of aliphatic hydroxyl groups is 1. The van der Waals surface area contributed by atoms with E-state index < -0.39 is 6.10 Å². The van der Waals surface area contributed by atoms with Gasteiger partial charge in [0.1, 0.15) is 5.82 Å². The molecule has 0 saturated carbocycles. The fraction of sp³-hybridized carbons (Fsp3) is 0.308. The number of nitrogens with two attached hydrogens (primary N) is 1. The van der Waals surface area contributed by atoms with E-state index in [2.05, 4.69) is 10.3 Å². The van der Waals surface area contributed by atoms with E-state index in [1.807, 2.05) is 25.1 Å². The molecule has 4 N–H and O–H groups in total. The van der Waals surface area contributed by atoms with Gasteiger partial charge in [-0.25, -0.2) is 4.98 Å². The number of hydrogen-bond donors (Lipinski definition) is 3. The van der Waals surface area contributed by atoms with Crippen molar-refractivity contribution in [3.05, 3.63) is 30.0 Å². The summed E-state index contributed by atoms with van der Waals surface area (Å²) < 4.78 is 0. The maximum Gasteiger partial charge on any atom is 0.134 e. The van der Waals surface area contributed by atoms with E-state index in [1.165, 1.54) is 0 Å². The standard InChI is InChI=1S/C13H17N3O/c1-8-6-15-13(16-7-9(2)17)10-4-3-5-11(14)12(8)10/h3-6,9,17H,7,14H2,1-2H3,(H,15,16). The van der Waals surface area contributed by atoms with E-state index in [-0.39, 0.29) is 0 Å². The number of fused-ring (bicyclic) bond motifs is 1. The molecule has 2 aromatic rings. The number of aliphatic hydroxyl groups excluding tert-OH is 1. The van der Waals surface area contributed by atoms with E-state index in [0.29, 0.717) is 6.54 Å². The molecule has 0 saturated heterocycles. The molecule has 0 fully saturated rings. The molecular formula is C13H17N3O. The van der Waals surface area contributed by atoms with E-state index in [9.17, 15) is 5.11 Å². The second-order valence-corrected chi connectivity index (χ2v) is 4.29. The summed E-state index contributed by atoms with van der Waals surface area (Å²) >= 11 is 0. The van der Waals surface area contributed by atoms with Crippen molar-refractivity contribution in [3.8, 4) is 0 Å². The largest absolute Gasteiger partial charge is 0.398 e. The number of benzene rings is 1. The Morgan fingerprint density at radius 1 is 1.47 bits per heavy atom. The zero-order valence-electron chi connectivity index (χ0n) is 10.1. The van der Waals surface area contributed by atoms with Crippen molar-refractivity contribution in [2.24, 2.45) is 0 Å². The molecular weight excluding hydrogens is 214 g/mol. The summed E-state index contributed by atoms with van der Waals surface area (Å²) in [6.07, 6.45) is 1.39. The molecule has 0 spiro atoms. The number of pyridine rings is 1. The second kappa shape index (κ2) is 4.59. The van der Waals surface area contributed by atoms with Crippen LogP contribution in [-0.2, 0) is 0 Å². The first-order chi connectivity index (χ1) is 8.09. The molecule has 4 heteroatoms. The Morgan fingerprint density at radius 2 is 2.24 bits per heavy atom. The zero-order valence-corrected chi connectivity index (χ0v) is 10.1. The first kappa shape index (κ1) is 11.7. The SMILES string of the molecule is Cc1cnc(NCC(C)O)c2cccc(N)c12. The fourth-order valence-corrected chi connectivity index (χ4v) is 1.89. The summed E-state index contributed by atoms with van der Waals surface area (Å²) in [5.74, 6) is 0.763. The molecule has 1 unspecified atom stereocenters. The minimum atomic E-state index is -0.408. The van der Waals surface area contributed by atoms with Gasteiger partial charge in [0.15, 0.2) is 0 Å². The molecule has 0 aliphatic rings. The Bertz CT molecular complexity index is 529. The molecule has 0 radical (unpaired) electrons. The third-order valence-electron chi connectivity index (χ3n) is 2.70. The minimum absolute atomic E-state index is 0.408. The van der Waals surface area contributed by atoms with Crippen LogP contribution in [0.1, 0.15) is 12.5 Å². The van der Waals surface area contributed by atoms with Gasteiger partial charge in [-0.15, -0.1) is 0 Å². The molecule has 90 valence electrons. The molecule has 4 nitrogen and oxygen atoms in total. The first-order valence-corrected chi connectivity index (χ1v) is 5.65. The van der Waals surface area contributed by atoms with Gasteiger partial charge in [-0.1, -0.05) is 12.1 Å². The van der Waals surface area contributed by atoms with Gasteiger partial charge >= 0.3 is 0 Å². The Balaban J connectivity index is 2.51. The maximum absolute atomic E-state index is 9.28. The third kappa shape index (κ3) is 2.31. The van der Waals surface area contributed by atoms with E-state index >= 15 is 0 Å². The van der Waals surface area contributed by atoms with Crippen LogP contribution in [0.5, 0.6) is 0 Å². The van der Waals surface area contributed by atoms with Gasteiger partial charge in [-0.05, 0) is 25.5 Å². The number of aromatic nitrogens is 1. The molecule has 0 bridgehead atoms. The van der Waals surface area contributed by atoms with Crippen molar-refractivity contribution in [3.63, 3.8) is 0 Å². The highest BCUT2D eigenvalue weighted by molar-refractivity contribution is 6.01. The summed E-state index contributed by atoms with van der Waals surface area (Å²) in [5, 5.41) is 14.4. The van der Waals surface area contributed by atoms with Crippen LogP contribution in [0.2, 0.25) is 0 Å². The van der Waals surface area contributed by atoms with Crippen LogP contribution in [0.15, 0.2) is 24.4 Å². The lowest BCUT2D eigenvalue weighted by molar-refractivity contribution is 0.208. The molecule has 0 aliphatic carbocycles. The number of nitrogen functional groups attached to an aromatic ring is 1. The molecule has 2 rings (SSSR count). The average Bonchev–Trinajstić information content (AvgIpc) is 2.28. The van der Waals surface area contributed by atoms with E-state index in [1.54, 1.807) is 13.1 Å². The van der Waals surface area contributed by atoms with Crippen LogP contribution in [0.25, 0.3) is 10.8 Å². The van der Waals surface area contributed by atoms with Crippen LogP contribution in [0, 0.1) is 6.92 Å². The van der Waals surface area contributed by atoms with E-state index in [0.717, 1.165) is 27.8 Å². The maximum atomic E-state index is 9.28. The van der Waals surface area contributed by atoms with Gasteiger partial charge in [-0.2, -0.15) is 0 Å². The number of hydrogen-bond acceptors (Lipinski definition) is 4. The molecule has 1 aromatic carbocycles. The zero-order chi connectivity index (χ0) is 12.4. The Kier molecular flexibility index (Phi) is 3.15. The third-order valence-corrected chi connectivity index (χ3v) is 2.70. The van der Waals surface area contributed by atoms with Crippen molar-refractivity contribution in [2.75, 3.05) is 17.6 Å². The van der Waals surface area contributed by atoms with Crippen molar-refractivity contribution < 1.29 is 5.11 Å². The lowest BCUT2D eigenvalue weighted by Gasteiger charge is -2.12. The van der Waals surface area contributed by atoms with Crippen molar-refractivity contribution in [1.82, 2.24) is 4.98 Å².